The first-order valence-electron chi connectivity index (χ1n) is 8.40. The van der Waals surface area contributed by atoms with Crippen LogP contribution in [0.25, 0.3) is 0 Å². The van der Waals surface area contributed by atoms with E-state index in [4.69, 9.17) is 4.74 Å². The topological polar surface area (TPSA) is 96.5 Å². The van der Waals surface area contributed by atoms with Crippen molar-refractivity contribution in [2.24, 2.45) is 0 Å². The van der Waals surface area contributed by atoms with E-state index in [0.717, 1.165) is 4.88 Å². The normalized spacial score (nSPS) is 10.8. The summed E-state index contributed by atoms with van der Waals surface area (Å²) in [5, 5.41) is 9.77. The number of hydrogen-bond acceptors (Lipinski definition) is 5. The number of hydrogen-bond donors (Lipinski definition) is 3. The van der Waals surface area contributed by atoms with Gasteiger partial charge < -0.3 is 20.7 Å². The van der Waals surface area contributed by atoms with Crippen LogP contribution in [0.2, 0.25) is 0 Å². The van der Waals surface area contributed by atoms with E-state index in [1.54, 1.807) is 45.0 Å². The molecule has 0 spiro atoms. The lowest BCUT2D eigenvalue weighted by atomic mass is 10.2. The van der Waals surface area contributed by atoms with Crippen molar-refractivity contribution in [1.29, 1.82) is 0 Å². The molecule has 2 aromatic rings. The molecule has 2 rings (SSSR count). The molecule has 1 aromatic carbocycles. The molecular weight excluding hydrogens is 366 g/mol. The van der Waals surface area contributed by atoms with Crippen LogP contribution < -0.4 is 16.0 Å². The zero-order chi connectivity index (χ0) is 19.9. The average molecular weight is 389 g/mol. The summed E-state index contributed by atoms with van der Waals surface area (Å²) in [6, 6.07) is 10.6. The van der Waals surface area contributed by atoms with Crippen molar-refractivity contribution >= 4 is 40.6 Å². The van der Waals surface area contributed by atoms with Gasteiger partial charge in [0.15, 0.2) is 0 Å². The van der Waals surface area contributed by atoms with Crippen LogP contribution in [0.5, 0.6) is 0 Å². The summed E-state index contributed by atoms with van der Waals surface area (Å²) in [6.07, 6.45) is -0.360. The third-order valence-electron chi connectivity index (χ3n) is 3.14. The standard InChI is InChI=1S/C19H23N3O4S/c1-19(2,3)26-18(25)20-12-17(24)22-14-7-4-6-13(10-14)21-16(23)11-15-8-5-9-27-15/h4-10H,11-12H2,1-3H3,(H,20,25)(H,21,23)(H,22,24). The maximum absolute atomic E-state index is 12.1. The molecule has 0 aliphatic rings. The van der Waals surface area contributed by atoms with Gasteiger partial charge in [-0.05, 0) is 50.4 Å². The molecule has 3 N–H and O–H groups in total. The molecule has 0 radical (unpaired) electrons. The SMILES string of the molecule is CC(C)(C)OC(=O)NCC(=O)Nc1cccc(NC(=O)Cc2cccs2)c1. The fourth-order valence-corrected chi connectivity index (χ4v) is 2.83. The molecule has 1 aromatic heterocycles. The zero-order valence-corrected chi connectivity index (χ0v) is 16.3. The minimum absolute atomic E-state index is 0.132. The van der Waals surface area contributed by atoms with Crippen molar-refractivity contribution in [3.8, 4) is 0 Å². The lowest BCUT2D eigenvalue weighted by Crippen LogP contribution is -2.37. The Morgan fingerprint density at radius 2 is 1.67 bits per heavy atom. The first-order valence-corrected chi connectivity index (χ1v) is 9.28. The number of carbonyl (C=O) groups is 3. The molecule has 0 saturated heterocycles. The van der Waals surface area contributed by atoms with Crippen LogP contribution in [-0.2, 0) is 20.7 Å². The molecule has 1 heterocycles. The fourth-order valence-electron chi connectivity index (χ4n) is 2.12. The van der Waals surface area contributed by atoms with Gasteiger partial charge in [-0.25, -0.2) is 4.79 Å². The van der Waals surface area contributed by atoms with Gasteiger partial charge in [0.25, 0.3) is 0 Å². The number of anilines is 2. The number of alkyl carbamates (subject to hydrolysis) is 1. The maximum atomic E-state index is 12.1. The van der Waals surface area contributed by atoms with Gasteiger partial charge in [0, 0.05) is 16.3 Å². The van der Waals surface area contributed by atoms with Crippen LogP contribution in [0.15, 0.2) is 41.8 Å². The van der Waals surface area contributed by atoms with Gasteiger partial charge in [0.1, 0.15) is 12.1 Å². The third-order valence-corrected chi connectivity index (χ3v) is 4.01. The summed E-state index contributed by atoms with van der Waals surface area (Å²) >= 11 is 1.52. The molecule has 0 aliphatic heterocycles. The molecule has 0 atom stereocenters. The highest BCUT2D eigenvalue weighted by atomic mass is 32.1. The maximum Gasteiger partial charge on any atom is 0.408 e. The van der Waals surface area contributed by atoms with Gasteiger partial charge in [-0.3, -0.25) is 9.59 Å². The van der Waals surface area contributed by atoms with Crippen LogP contribution in [0.4, 0.5) is 16.2 Å². The molecule has 0 saturated carbocycles. The van der Waals surface area contributed by atoms with Crippen molar-refractivity contribution in [1.82, 2.24) is 5.32 Å². The first kappa shape index (κ1) is 20.4. The fraction of sp³-hybridized carbons (Fsp3) is 0.316. The van der Waals surface area contributed by atoms with Gasteiger partial charge in [-0.2, -0.15) is 0 Å². The second-order valence-electron chi connectivity index (χ2n) is 6.79. The first-order chi connectivity index (χ1) is 12.7. The Morgan fingerprint density at radius 3 is 2.26 bits per heavy atom. The van der Waals surface area contributed by atoms with Crippen LogP contribution in [0.3, 0.4) is 0 Å². The summed E-state index contributed by atoms with van der Waals surface area (Å²) in [5.74, 6) is -0.532. The Bertz CT molecular complexity index is 798. The summed E-state index contributed by atoms with van der Waals surface area (Å²) in [7, 11) is 0. The number of carbonyl (C=O) groups excluding carboxylic acids is 3. The predicted molar refractivity (Wildman–Crippen MR) is 106 cm³/mol. The third kappa shape index (κ3) is 7.91. The number of thiophene rings is 1. The largest absolute Gasteiger partial charge is 0.444 e. The quantitative estimate of drug-likeness (QED) is 0.705. The molecule has 0 fully saturated rings. The smallest absolute Gasteiger partial charge is 0.408 e. The van der Waals surface area contributed by atoms with Gasteiger partial charge in [0.05, 0.1) is 6.42 Å². The summed E-state index contributed by atoms with van der Waals surface area (Å²) in [5.41, 5.74) is 0.463. The highest BCUT2D eigenvalue weighted by Crippen LogP contribution is 2.16. The summed E-state index contributed by atoms with van der Waals surface area (Å²) in [4.78, 5) is 36.6. The van der Waals surface area contributed by atoms with Crippen LogP contribution in [0.1, 0.15) is 25.6 Å². The Balaban J connectivity index is 1.83. The van der Waals surface area contributed by atoms with Crippen molar-refractivity contribution in [2.45, 2.75) is 32.8 Å². The van der Waals surface area contributed by atoms with Gasteiger partial charge in [-0.15, -0.1) is 11.3 Å². The second kappa shape index (κ2) is 9.18. The molecular formula is C19H23N3O4S. The lowest BCUT2D eigenvalue weighted by molar-refractivity contribution is -0.116. The second-order valence-corrected chi connectivity index (χ2v) is 7.82. The number of nitrogens with one attached hydrogen (secondary N) is 3. The van der Waals surface area contributed by atoms with E-state index >= 15 is 0 Å². The van der Waals surface area contributed by atoms with Crippen LogP contribution >= 0.6 is 11.3 Å². The number of amides is 3. The summed E-state index contributed by atoms with van der Waals surface area (Å²) < 4.78 is 5.07. The van der Waals surface area contributed by atoms with Gasteiger partial charge in [-0.1, -0.05) is 12.1 Å². The number of benzene rings is 1. The van der Waals surface area contributed by atoms with Gasteiger partial charge >= 0.3 is 6.09 Å². The highest BCUT2D eigenvalue weighted by molar-refractivity contribution is 7.10. The molecule has 3 amide bonds. The van der Waals surface area contributed by atoms with Crippen molar-refractivity contribution in [2.75, 3.05) is 17.2 Å². The lowest BCUT2D eigenvalue weighted by Gasteiger charge is -2.19. The van der Waals surface area contributed by atoms with E-state index in [-0.39, 0.29) is 12.5 Å². The van der Waals surface area contributed by atoms with Gasteiger partial charge in [0.2, 0.25) is 11.8 Å². The Kier molecular flexibility index (Phi) is 6.95. The molecule has 8 heteroatoms. The van der Waals surface area contributed by atoms with E-state index in [0.29, 0.717) is 17.8 Å². The van der Waals surface area contributed by atoms with E-state index in [9.17, 15) is 14.4 Å². The monoisotopic (exact) mass is 389 g/mol. The molecule has 7 nitrogen and oxygen atoms in total. The molecule has 27 heavy (non-hydrogen) atoms. The summed E-state index contributed by atoms with van der Waals surface area (Å²) in [6.45, 7) is 5.00. The Labute approximate surface area is 162 Å². The number of rotatable bonds is 6. The van der Waals surface area contributed by atoms with Crippen LogP contribution in [0, 0.1) is 0 Å². The Morgan fingerprint density at radius 1 is 1.00 bits per heavy atom. The molecule has 0 unspecified atom stereocenters. The average Bonchev–Trinajstić information content (AvgIpc) is 3.04. The highest BCUT2D eigenvalue weighted by Gasteiger charge is 2.16. The van der Waals surface area contributed by atoms with E-state index in [1.807, 2.05) is 17.5 Å². The van der Waals surface area contributed by atoms with Crippen LogP contribution in [-0.4, -0.2) is 30.1 Å². The minimum atomic E-state index is -0.660. The Hall–Kier alpha value is -2.87. The van der Waals surface area contributed by atoms with Crippen molar-refractivity contribution in [3.63, 3.8) is 0 Å². The van der Waals surface area contributed by atoms with E-state index in [1.165, 1.54) is 11.3 Å². The molecule has 0 aliphatic carbocycles. The number of ether oxygens (including phenoxy) is 1. The minimum Gasteiger partial charge on any atom is -0.444 e. The predicted octanol–water partition coefficient (Wildman–Crippen LogP) is 3.39. The molecule has 0 bridgehead atoms. The van der Waals surface area contributed by atoms with Crippen molar-refractivity contribution < 1.29 is 19.1 Å². The van der Waals surface area contributed by atoms with E-state index in [2.05, 4.69) is 16.0 Å². The van der Waals surface area contributed by atoms with Crippen molar-refractivity contribution in [3.05, 3.63) is 46.7 Å². The van der Waals surface area contributed by atoms with E-state index < -0.39 is 17.6 Å². The molecule has 144 valence electrons. The zero-order valence-electron chi connectivity index (χ0n) is 15.5.